The first-order valence-corrected chi connectivity index (χ1v) is 7.28. The van der Waals surface area contributed by atoms with Gasteiger partial charge < -0.3 is 14.8 Å². The molecule has 0 aliphatic heterocycles. The predicted molar refractivity (Wildman–Crippen MR) is 73.6 cm³/mol. The third kappa shape index (κ3) is 4.17. The topological polar surface area (TPSA) is 76.7 Å². The van der Waals surface area contributed by atoms with Crippen LogP contribution < -0.4 is 10.0 Å². The van der Waals surface area contributed by atoms with Gasteiger partial charge in [-0.25, -0.2) is 13.1 Å². The van der Waals surface area contributed by atoms with Crippen LogP contribution in [0.3, 0.4) is 0 Å². The van der Waals surface area contributed by atoms with Crippen LogP contribution in [-0.2, 0) is 19.5 Å². The molecule has 7 heteroatoms. The third-order valence-electron chi connectivity index (χ3n) is 2.68. The van der Waals surface area contributed by atoms with E-state index in [1.54, 1.807) is 32.4 Å². The summed E-state index contributed by atoms with van der Waals surface area (Å²) in [5.74, 6) is 0. The first kappa shape index (κ1) is 15.9. The van der Waals surface area contributed by atoms with Gasteiger partial charge in [-0.15, -0.1) is 0 Å². The van der Waals surface area contributed by atoms with Crippen LogP contribution in [0.25, 0.3) is 0 Å². The van der Waals surface area contributed by atoms with E-state index in [1.165, 1.54) is 13.1 Å². The quantitative estimate of drug-likeness (QED) is 0.732. The highest BCUT2D eigenvalue weighted by Gasteiger charge is 2.17. The number of sulfonamides is 1. The molecule has 0 radical (unpaired) electrons. The van der Waals surface area contributed by atoms with Crippen molar-refractivity contribution in [2.45, 2.75) is 24.2 Å². The lowest BCUT2D eigenvalue weighted by atomic mass is 10.2. The number of rotatable bonds is 7. The summed E-state index contributed by atoms with van der Waals surface area (Å²) in [6.07, 6.45) is -0.412. The maximum atomic E-state index is 11.7. The first-order valence-electron chi connectivity index (χ1n) is 5.80. The maximum Gasteiger partial charge on any atom is 0.240 e. The molecule has 2 N–H and O–H groups in total. The second-order valence-electron chi connectivity index (χ2n) is 4.01. The Bertz CT molecular complexity index is 500. The second-order valence-corrected chi connectivity index (χ2v) is 5.89. The molecule has 0 saturated carbocycles. The van der Waals surface area contributed by atoms with Crippen molar-refractivity contribution in [3.8, 4) is 0 Å². The fraction of sp³-hybridized carbons (Fsp3) is 0.500. The van der Waals surface area contributed by atoms with Crippen LogP contribution in [0, 0.1) is 0 Å². The van der Waals surface area contributed by atoms with Gasteiger partial charge in [0.2, 0.25) is 10.0 Å². The van der Waals surface area contributed by atoms with Crippen LogP contribution in [0.15, 0.2) is 29.2 Å². The molecule has 0 saturated heterocycles. The van der Waals surface area contributed by atoms with E-state index < -0.39 is 16.3 Å². The van der Waals surface area contributed by atoms with Gasteiger partial charge in [-0.1, -0.05) is 6.07 Å². The summed E-state index contributed by atoms with van der Waals surface area (Å²) in [5, 5.41) is 3.14. The van der Waals surface area contributed by atoms with Gasteiger partial charge in [-0.2, -0.15) is 0 Å². The number of hydrogen-bond donors (Lipinski definition) is 2. The highest BCUT2D eigenvalue weighted by atomic mass is 32.2. The summed E-state index contributed by atoms with van der Waals surface area (Å²) in [6.45, 7) is 1.89. The smallest absolute Gasteiger partial charge is 0.240 e. The second kappa shape index (κ2) is 6.85. The van der Waals surface area contributed by atoms with Gasteiger partial charge in [0, 0.05) is 19.9 Å². The Morgan fingerprint density at radius 2 is 1.84 bits per heavy atom. The van der Waals surface area contributed by atoms with Crippen LogP contribution in [0.1, 0.15) is 6.92 Å². The SMILES string of the molecule is CNS(=O)(=O)c1cccc(NC(C)C(OC)OC)c1. The molecule has 0 amide bonds. The Kier molecular flexibility index (Phi) is 5.74. The number of benzene rings is 1. The third-order valence-corrected chi connectivity index (χ3v) is 4.09. The number of ether oxygens (including phenoxy) is 2. The zero-order valence-corrected chi connectivity index (χ0v) is 12.3. The summed E-state index contributed by atoms with van der Waals surface area (Å²) < 4.78 is 35.9. The van der Waals surface area contributed by atoms with E-state index in [2.05, 4.69) is 10.0 Å². The monoisotopic (exact) mass is 288 g/mol. The summed E-state index contributed by atoms with van der Waals surface area (Å²) >= 11 is 0. The molecule has 0 bridgehead atoms. The molecule has 1 rings (SSSR count). The summed E-state index contributed by atoms with van der Waals surface area (Å²) in [4.78, 5) is 0.207. The van der Waals surface area contributed by atoms with E-state index in [0.29, 0.717) is 5.69 Å². The molecule has 0 heterocycles. The van der Waals surface area contributed by atoms with Crippen LogP contribution in [0.5, 0.6) is 0 Å². The largest absolute Gasteiger partial charge is 0.377 e. The van der Waals surface area contributed by atoms with Crippen LogP contribution in [0.4, 0.5) is 5.69 Å². The summed E-state index contributed by atoms with van der Waals surface area (Å²) in [5.41, 5.74) is 0.683. The predicted octanol–water partition coefficient (Wildman–Crippen LogP) is 1.01. The zero-order valence-electron chi connectivity index (χ0n) is 11.5. The van der Waals surface area contributed by atoms with Crippen molar-refractivity contribution in [1.82, 2.24) is 4.72 Å². The van der Waals surface area contributed by atoms with Gasteiger partial charge in [-0.3, -0.25) is 0 Å². The Morgan fingerprint density at radius 3 is 2.37 bits per heavy atom. The minimum Gasteiger partial charge on any atom is -0.377 e. The highest BCUT2D eigenvalue weighted by molar-refractivity contribution is 7.89. The van der Waals surface area contributed by atoms with Crippen molar-refractivity contribution >= 4 is 15.7 Å². The van der Waals surface area contributed by atoms with E-state index in [-0.39, 0.29) is 10.9 Å². The number of anilines is 1. The molecule has 1 unspecified atom stereocenters. The Hall–Kier alpha value is -1.15. The van der Waals surface area contributed by atoms with Gasteiger partial charge in [0.25, 0.3) is 0 Å². The van der Waals surface area contributed by atoms with Gasteiger partial charge in [-0.05, 0) is 32.2 Å². The van der Waals surface area contributed by atoms with E-state index in [9.17, 15) is 8.42 Å². The van der Waals surface area contributed by atoms with Crippen LogP contribution >= 0.6 is 0 Å². The molecule has 1 aromatic carbocycles. The number of nitrogens with one attached hydrogen (secondary N) is 2. The molecular formula is C12H20N2O4S. The minimum absolute atomic E-state index is 0.123. The molecule has 0 aliphatic carbocycles. The van der Waals surface area contributed by atoms with E-state index in [4.69, 9.17) is 9.47 Å². The van der Waals surface area contributed by atoms with Crippen LogP contribution in [0.2, 0.25) is 0 Å². The summed E-state index contributed by atoms with van der Waals surface area (Å²) in [7, 11) is 1.04. The number of methoxy groups -OCH3 is 2. The zero-order chi connectivity index (χ0) is 14.5. The van der Waals surface area contributed by atoms with Gasteiger partial charge in [0.05, 0.1) is 10.9 Å². The fourth-order valence-corrected chi connectivity index (χ4v) is 2.48. The van der Waals surface area contributed by atoms with Crippen molar-refractivity contribution in [3.05, 3.63) is 24.3 Å². The lowest BCUT2D eigenvalue weighted by molar-refractivity contribution is -0.109. The maximum absolute atomic E-state index is 11.7. The number of hydrogen-bond acceptors (Lipinski definition) is 5. The minimum atomic E-state index is -3.44. The molecule has 1 atom stereocenters. The Balaban J connectivity index is 2.89. The summed E-state index contributed by atoms with van der Waals surface area (Å²) in [6, 6.07) is 6.43. The van der Waals surface area contributed by atoms with Crippen molar-refractivity contribution in [2.75, 3.05) is 26.6 Å². The normalized spacial score (nSPS) is 13.5. The van der Waals surface area contributed by atoms with E-state index >= 15 is 0 Å². The molecule has 0 fully saturated rings. The fourth-order valence-electron chi connectivity index (χ4n) is 1.71. The Labute approximate surface area is 114 Å². The molecule has 19 heavy (non-hydrogen) atoms. The van der Waals surface area contributed by atoms with E-state index in [0.717, 1.165) is 0 Å². The van der Waals surface area contributed by atoms with Gasteiger partial charge >= 0.3 is 0 Å². The van der Waals surface area contributed by atoms with Gasteiger partial charge in [0.1, 0.15) is 0 Å². The Morgan fingerprint density at radius 1 is 1.21 bits per heavy atom. The molecule has 0 aromatic heterocycles. The van der Waals surface area contributed by atoms with Crippen LogP contribution in [-0.4, -0.2) is 42.0 Å². The molecule has 6 nitrogen and oxygen atoms in total. The van der Waals surface area contributed by atoms with Gasteiger partial charge in [0.15, 0.2) is 6.29 Å². The molecule has 0 aliphatic rings. The first-order chi connectivity index (χ1) is 8.94. The molecule has 108 valence electrons. The molecule has 0 spiro atoms. The lowest BCUT2D eigenvalue weighted by Gasteiger charge is -2.23. The van der Waals surface area contributed by atoms with Crippen molar-refractivity contribution in [3.63, 3.8) is 0 Å². The average Bonchev–Trinajstić information content (AvgIpc) is 2.40. The van der Waals surface area contributed by atoms with Crippen molar-refractivity contribution in [1.29, 1.82) is 0 Å². The lowest BCUT2D eigenvalue weighted by Crippen LogP contribution is -2.33. The molecule has 1 aromatic rings. The average molecular weight is 288 g/mol. The van der Waals surface area contributed by atoms with Crippen molar-refractivity contribution in [2.24, 2.45) is 0 Å². The highest BCUT2D eigenvalue weighted by Crippen LogP contribution is 2.17. The van der Waals surface area contributed by atoms with Crippen molar-refractivity contribution < 1.29 is 17.9 Å². The molecular weight excluding hydrogens is 268 g/mol. The standard InChI is InChI=1S/C12H20N2O4S/c1-9(12(17-3)18-4)14-10-6-5-7-11(8-10)19(15,16)13-2/h5-9,12-14H,1-4H3. The van der Waals surface area contributed by atoms with E-state index in [1.807, 2.05) is 6.92 Å².